The molecule has 0 aliphatic rings. The fraction of sp³-hybridized carbons (Fsp3) is 0. The summed E-state index contributed by atoms with van der Waals surface area (Å²) in [5.41, 5.74) is 0.443. The van der Waals surface area contributed by atoms with Gasteiger partial charge in [-0.05, 0) is 33.4 Å². The molecule has 1 aromatic heterocycles. The monoisotopic (exact) mass is 411 g/mol. The number of carboxylic acid groups (broad SMARTS) is 1. The quantitative estimate of drug-likeness (QED) is 0.674. The SMILES string of the molecule is O=C(O)c1cc(S(=O)(=O)Nc2cccc3ccccc23)c(Br)s1. The number of sulfonamides is 1. The van der Waals surface area contributed by atoms with Crippen molar-refractivity contribution >= 4 is 59.7 Å². The Morgan fingerprint density at radius 3 is 2.52 bits per heavy atom. The fourth-order valence-electron chi connectivity index (χ4n) is 2.15. The van der Waals surface area contributed by atoms with Crippen LogP contribution in [0.15, 0.2) is 57.2 Å². The van der Waals surface area contributed by atoms with Gasteiger partial charge >= 0.3 is 5.97 Å². The molecule has 0 saturated carbocycles. The van der Waals surface area contributed by atoms with Crippen molar-refractivity contribution in [3.05, 3.63) is 57.2 Å². The van der Waals surface area contributed by atoms with E-state index in [1.807, 2.05) is 30.3 Å². The van der Waals surface area contributed by atoms with Gasteiger partial charge in [0.25, 0.3) is 10.0 Å². The maximum absolute atomic E-state index is 12.6. The summed E-state index contributed by atoms with van der Waals surface area (Å²) in [6.45, 7) is 0. The van der Waals surface area contributed by atoms with Crippen LogP contribution in [-0.4, -0.2) is 19.5 Å². The molecule has 118 valence electrons. The summed E-state index contributed by atoms with van der Waals surface area (Å²) in [6, 6.07) is 13.8. The molecule has 3 rings (SSSR count). The molecular weight excluding hydrogens is 402 g/mol. The summed E-state index contributed by atoms with van der Waals surface area (Å²) >= 11 is 3.98. The lowest BCUT2D eigenvalue weighted by atomic mass is 10.1. The van der Waals surface area contributed by atoms with Gasteiger partial charge in [0.15, 0.2) is 0 Å². The second-order valence-corrected chi connectivity index (χ2v) is 8.71. The lowest BCUT2D eigenvalue weighted by Crippen LogP contribution is -2.13. The lowest BCUT2D eigenvalue weighted by Gasteiger charge is -2.10. The molecule has 0 radical (unpaired) electrons. The van der Waals surface area contributed by atoms with Gasteiger partial charge < -0.3 is 5.11 Å². The number of aromatic carboxylic acids is 1. The Morgan fingerprint density at radius 2 is 1.83 bits per heavy atom. The Kier molecular flexibility index (Phi) is 4.13. The van der Waals surface area contributed by atoms with Gasteiger partial charge in [0.2, 0.25) is 0 Å². The van der Waals surface area contributed by atoms with Crippen LogP contribution in [0.3, 0.4) is 0 Å². The number of nitrogens with one attached hydrogen (secondary N) is 1. The summed E-state index contributed by atoms with van der Waals surface area (Å²) < 4.78 is 27.9. The van der Waals surface area contributed by atoms with E-state index in [4.69, 9.17) is 5.11 Å². The highest BCUT2D eigenvalue weighted by Gasteiger charge is 2.23. The second-order valence-electron chi connectivity index (χ2n) is 4.69. The third kappa shape index (κ3) is 3.10. The highest BCUT2D eigenvalue weighted by molar-refractivity contribution is 9.11. The molecule has 2 aromatic carbocycles. The normalized spacial score (nSPS) is 11.5. The predicted molar refractivity (Wildman–Crippen MR) is 93.7 cm³/mol. The first-order valence-corrected chi connectivity index (χ1v) is 9.51. The number of carboxylic acids is 1. The minimum atomic E-state index is -3.90. The molecule has 3 aromatic rings. The highest BCUT2D eigenvalue weighted by Crippen LogP contribution is 2.34. The van der Waals surface area contributed by atoms with E-state index in [1.54, 1.807) is 12.1 Å². The Hall–Kier alpha value is -1.90. The van der Waals surface area contributed by atoms with E-state index in [-0.39, 0.29) is 13.6 Å². The number of rotatable bonds is 4. The Labute approximate surface area is 144 Å². The van der Waals surface area contributed by atoms with Crippen LogP contribution in [0.4, 0.5) is 5.69 Å². The van der Waals surface area contributed by atoms with Crippen molar-refractivity contribution < 1.29 is 18.3 Å². The number of fused-ring (bicyclic) bond motifs is 1. The number of thiophene rings is 1. The van der Waals surface area contributed by atoms with Crippen molar-refractivity contribution in [1.29, 1.82) is 0 Å². The van der Waals surface area contributed by atoms with Crippen molar-refractivity contribution in [3.63, 3.8) is 0 Å². The van der Waals surface area contributed by atoms with Crippen molar-refractivity contribution in [1.82, 2.24) is 0 Å². The van der Waals surface area contributed by atoms with Crippen LogP contribution in [0.25, 0.3) is 10.8 Å². The summed E-state index contributed by atoms with van der Waals surface area (Å²) in [7, 11) is -3.90. The Bertz CT molecular complexity index is 1010. The maximum Gasteiger partial charge on any atom is 0.345 e. The molecule has 5 nitrogen and oxygen atoms in total. The number of anilines is 1. The van der Waals surface area contributed by atoms with Crippen LogP contribution in [-0.2, 0) is 10.0 Å². The Balaban J connectivity index is 2.06. The maximum atomic E-state index is 12.6. The van der Waals surface area contributed by atoms with Crippen LogP contribution in [0.1, 0.15) is 9.67 Å². The molecule has 23 heavy (non-hydrogen) atoms. The zero-order valence-corrected chi connectivity index (χ0v) is 14.7. The van der Waals surface area contributed by atoms with Gasteiger partial charge in [-0.25, -0.2) is 13.2 Å². The van der Waals surface area contributed by atoms with E-state index in [2.05, 4.69) is 20.7 Å². The standard InChI is InChI=1S/C15H10BrNO4S2/c16-14-13(8-12(22-14)15(18)19)23(20,21)17-11-7-3-5-9-4-1-2-6-10(9)11/h1-8,17H,(H,18,19). The fourth-order valence-corrected chi connectivity index (χ4v) is 5.64. The molecule has 0 bridgehead atoms. The number of halogens is 1. The number of carbonyl (C=O) groups is 1. The topological polar surface area (TPSA) is 83.5 Å². The third-order valence-corrected chi connectivity index (χ3v) is 6.80. The summed E-state index contributed by atoms with van der Waals surface area (Å²) in [5, 5.41) is 10.7. The molecule has 0 amide bonds. The third-order valence-electron chi connectivity index (χ3n) is 3.19. The molecule has 2 N–H and O–H groups in total. The average Bonchev–Trinajstić information content (AvgIpc) is 2.90. The smallest absolute Gasteiger partial charge is 0.345 e. The van der Waals surface area contributed by atoms with Crippen LogP contribution < -0.4 is 4.72 Å². The van der Waals surface area contributed by atoms with Gasteiger partial charge in [-0.1, -0.05) is 36.4 Å². The first kappa shape index (κ1) is 16.0. The van der Waals surface area contributed by atoms with E-state index < -0.39 is 16.0 Å². The molecular formula is C15H10BrNO4S2. The number of benzene rings is 2. The zero-order chi connectivity index (χ0) is 16.6. The molecule has 0 atom stereocenters. The van der Waals surface area contributed by atoms with E-state index in [1.165, 1.54) is 0 Å². The van der Waals surface area contributed by atoms with Crippen molar-refractivity contribution in [3.8, 4) is 0 Å². The van der Waals surface area contributed by atoms with E-state index in [9.17, 15) is 13.2 Å². The van der Waals surface area contributed by atoms with Crippen molar-refractivity contribution in [2.75, 3.05) is 4.72 Å². The molecule has 0 fully saturated rings. The van der Waals surface area contributed by atoms with E-state index in [0.717, 1.165) is 28.2 Å². The lowest BCUT2D eigenvalue weighted by molar-refractivity contribution is 0.0702. The molecule has 8 heteroatoms. The minimum Gasteiger partial charge on any atom is -0.477 e. The van der Waals surface area contributed by atoms with E-state index >= 15 is 0 Å². The van der Waals surface area contributed by atoms with Gasteiger partial charge in [-0.15, -0.1) is 11.3 Å². The van der Waals surface area contributed by atoms with Crippen LogP contribution in [0, 0.1) is 0 Å². The largest absolute Gasteiger partial charge is 0.477 e. The summed E-state index contributed by atoms with van der Waals surface area (Å²) in [4.78, 5) is 10.9. The van der Waals surface area contributed by atoms with Crippen molar-refractivity contribution in [2.24, 2.45) is 0 Å². The summed E-state index contributed by atoms with van der Waals surface area (Å²) in [5.74, 6) is -1.16. The van der Waals surface area contributed by atoms with Crippen LogP contribution in [0.5, 0.6) is 0 Å². The molecule has 0 aliphatic heterocycles. The molecule has 0 unspecified atom stereocenters. The number of hydrogen-bond donors (Lipinski definition) is 2. The van der Waals surface area contributed by atoms with Gasteiger partial charge in [0.05, 0.1) is 9.47 Å². The van der Waals surface area contributed by atoms with Crippen LogP contribution >= 0.6 is 27.3 Å². The van der Waals surface area contributed by atoms with Gasteiger partial charge in [0.1, 0.15) is 9.77 Å². The zero-order valence-electron chi connectivity index (χ0n) is 11.5. The van der Waals surface area contributed by atoms with E-state index in [0.29, 0.717) is 5.69 Å². The first-order chi connectivity index (χ1) is 10.9. The first-order valence-electron chi connectivity index (χ1n) is 6.42. The average molecular weight is 412 g/mol. The second kappa shape index (κ2) is 5.95. The number of hydrogen-bond acceptors (Lipinski definition) is 4. The van der Waals surface area contributed by atoms with Gasteiger partial charge in [-0.3, -0.25) is 4.72 Å². The van der Waals surface area contributed by atoms with Gasteiger partial charge in [0, 0.05) is 5.39 Å². The predicted octanol–water partition coefficient (Wildman–Crippen LogP) is 4.16. The molecule has 0 aliphatic carbocycles. The molecule has 0 saturated heterocycles. The van der Waals surface area contributed by atoms with Gasteiger partial charge in [-0.2, -0.15) is 0 Å². The molecule has 1 heterocycles. The minimum absolute atomic E-state index is 0.0461. The van der Waals surface area contributed by atoms with Crippen molar-refractivity contribution in [2.45, 2.75) is 4.90 Å². The molecule has 0 spiro atoms. The Morgan fingerprint density at radius 1 is 1.13 bits per heavy atom. The summed E-state index contributed by atoms with van der Waals surface area (Å²) in [6.07, 6.45) is 0. The van der Waals surface area contributed by atoms with Crippen LogP contribution in [0.2, 0.25) is 0 Å². The highest BCUT2D eigenvalue weighted by atomic mass is 79.9.